The molecular weight excluding hydrogens is 372 g/mol. The largest absolute Gasteiger partial charge is 0.454 e. The molecule has 4 rings (SSSR count). The number of nitrogens with one attached hydrogen (secondary N) is 1. The first-order chi connectivity index (χ1) is 13.8. The molecule has 0 atom stereocenters. The molecule has 140 valence electrons. The van der Waals surface area contributed by atoms with E-state index in [9.17, 15) is 4.79 Å². The molecular formula is C22H18N2O3S. The van der Waals surface area contributed by atoms with Crippen LogP contribution in [0.1, 0.15) is 11.1 Å². The van der Waals surface area contributed by atoms with Gasteiger partial charge in [-0.25, -0.2) is 0 Å². The van der Waals surface area contributed by atoms with Gasteiger partial charge in [0.05, 0.1) is 0 Å². The van der Waals surface area contributed by atoms with E-state index in [-0.39, 0.29) is 12.7 Å². The molecule has 1 amide bonds. The molecule has 1 N–H and O–H groups in total. The molecule has 0 spiro atoms. The Kier molecular flexibility index (Phi) is 5.58. The van der Waals surface area contributed by atoms with Crippen LogP contribution in [0.15, 0.2) is 78.0 Å². The third-order valence-corrected chi connectivity index (χ3v) is 5.16. The monoisotopic (exact) mass is 390 g/mol. The molecule has 0 unspecified atom stereocenters. The molecule has 0 radical (unpaired) electrons. The van der Waals surface area contributed by atoms with Crippen LogP contribution in [0, 0.1) is 0 Å². The molecule has 2 aromatic carbocycles. The van der Waals surface area contributed by atoms with Gasteiger partial charge in [0.1, 0.15) is 0 Å². The summed E-state index contributed by atoms with van der Waals surface area (Å²) in [5.74, 6) is 2.09. The molecule has 2 heterocycles. The minimum Gasteiger partial charge on any atom is -0.454 e. The fraction of sp³-hybridized carbons (Fsp3) is 0.0909. The predicted octanol–water partition coefficient (Wildman–Crippen LogP) is 4.75. The summed E-state index contributed by atoms with van der Waals surface area (Å²) < 4.78 is 10.6. The number of thioether (sulfide) groups is 1. The summed E-state index contributed by atoms with van der Waals surface area (Å²) >= 11 is 1.73. The maximum Gasteiger partial charge on any atom is 0.248 e. The van der Waals surface area contributed by atoms with Crippen molar-refractivity contribution in [2.24, 2.45) is 0 Å². The highest BCUT2D eigenvalue weighted by Gasteiger charge is 2.12. The van der Waals surface area contributed by atoms with E-state index in [1.165, 1.54) is 11.6 Å². The van der Waals surface area contributed by atoms with E-state index in [0.29, 0.717) is 5.75 Å². The SMILES string of the molecule is O=C(/C=C/c1ccc2c(c1)OCO2)Nc1ccc(SCc2cccnc2)cc1. The molecule has 0 saturated carbocycles. The van der Waals surface area contributed by atoms with E-state index in [1.807, 2.05) is 54.7 Å². The third kappa shape index (κ3) is 4.72. The van der Waals surface area contributed by atoms with Crippen LogP contribution in [-0.2, 0) is 10.5 Å². The molecule has 1 aliphatic heterocycles. The van der Waals surface area contributed by atoms with Gasteiger partial charge < -0.3 is 14.8 Å². The van der Waals surface area contributed by atoms with Crippen LogP contribution >= 0.6 is 11.8 Å². The van der Waals surface area contributed by atoms with Crippen molar-refractivity contribution >= 4 is 29.4 Å². The highest BCUT2D eigenvalue weighted by molar-refractivity contribution is 7.98. The third-order valence-electron chi connectivity index (χ3n) is 4.07. The lowest BCUT2D eigenvalue weighted by Crippen LogP contribution is -2.07. The van der Waals surface area contributed by atoms with Gasteiger partial charge in [-0.05, 0) is 59.7 Å². The summed E-state index contributed by atoms with van der Waals surface area (Å²) in [6, 6.07) is 17.4. The second kappa shape index (κ2) is 8.63. The molecule has 0 saturated heterocycles. The predicted molar refractivity (Wildman–Crippen MR) is 110 cm³/mol. The van der Waals surface area contributed by atoms with Crippen molar-refractivity contribution in [2.45, 2.75) is 10.6 Å². The number of amides is 1. The Bertz CT molecular complexity index is 988. The number of carbonyl (C=O) groups excluding carboxylic acids is 1. The van der Waals surface area contributed by atoms with E-state index in [2.05, 4.69) is 16.4 Å². The minimum absolute atomic E-state index is 0.187. The van der Waals surface area contributed by atoms with Gasteiger partial charge in [0, 0.05) is 34.8 Å². The topological polar surface area (TPSA) is 60.5 Å². The first-order valence-electron chi connectivity index (χ1n) is 8.77. The van der Waals surface area contributed by atoms with Crippen molar-refractivity contribution < 1.29 is 14.3 Å². The summed E-state index contributed by atoms with van der Waals surface area (Å²) in [7, 11) is 0. The Morgan fingerprint density at radius 2 is 1.96 bits per heavy atom. The fourth-order valence-corrected chi connectivity index (χ4v) is 3.49. The molecule has 6 heteroatoms. The fourth-order valence-electron chi connectivity index (χ4n) is 2.66. The van der Waals surface area contributed by atoms with Gasteiger partial charge in [-0.15, -0.1) is 11.8 Å². The molecule has 5 nitrogen and oxygen atoms in total. The lowest BCUT2D eigenvalue weighted by atomic mass is 10.2. The van der Waals surface area contributed by atoms with Crippen LogP contribution in [-0.4, -0.2) is 17.7 Å². The number of carbonyl (C=O) groups is 1. The van der Waals surface area contributed by atoms with Crippen molar-refractivity contribution in [3.8, 4) is 11.5 Å². The molecule has 0 bridgehead atoms. The van der Waals surface area contributed by atoms with Crippen molar-refractivity contribution in [3.63, 3.8) is 0 Å². The maximum absolute atomic E-state index is 12.1. The van der Waals surface area contributed by atoms with E-state index < -0.39 is 0 Å². The van der Waals surface area contributed by atoms with Crippen molar-refractivity contribution in [2.75, 3.05) is 12.1 Å². The summed E-state index contributed by atoms with van der Waals surface area (Å²) in [6.45, 7) is 0.236. The van der Waals surface area contributed by atoms with Gasteiger partial charge in [-0.1, -0.05) is 12.1 Å². The number of aromatic nitrogens is 1. The second-order valence-electron chi connectivity index (χ2n) is 6.11. The van der Waals surface area contributed by atoms with Gasteiger partial charge in [-0.2, -0.15) is 0 Å². The Morgan fingerprint density at radius 1 is 1.11 bits per heavy atom. The Balaban J connectivity index is 1.30. The minimum atomic E-state index is -0.187. The first kappa shape index (κ1) is 18.1. The van der Waals surface area contributed by atoms with Gasteiger partial charge in [0.15, 0.2) is 11.5 Å². The number of benzene rings is 2. The number of fused-ring (bicyclic) bond motifs is 1. The Morgan fingerprint density at radius 3 is 2.79 bits per heavy atom. The molecule has 0 fully saturated rings. The number of hydrogen-bond acceptors (Lipinski definition) is 5. The quantitative estimate of drug-likeness (QED) is 0.486. The van der Waals surface area contributed by atoms with Crippen LogP contribution in [0.2, 0.25) is 0 Å². The summed E-state index contributed by atoms with van der Waals surface area (Å²) in [6.07, 6.45) is 6.89. The lowest BCUT2D eigenvalue weighted by Gasteiger charge is -2.05. The van der Waals surface area contributed by atoms with Crippen LogP contribution in [0.25, 0.3) is 6.08 Å². The number of pyridine rings is 1. The summed E-state index contributed by atoms with van der Waals surface area (Å²) in [5.41, 5.74) is 2.81. The van der Waals surface area contributed by atoms with Crippen LogP contribution in [0.3, 0.4) is 0 Å². The second-order valence-corrected chi connectivity index (χ2v) is 7.16. The van der Waals surface area contributed by atoms with E-state index in [4.69, 9.17) is 9.47 Å². The number of anilines is 1. The van der Waals surface area contributed by atoms with Crippen LogP contribution in [0.4, 0.5) is 5.69 Å². The van der Waals surface area contributed by atoms with Crippen molar-refractivity contribution in [1.82, 2.24) is 4.98 Å². The average Bonchev–Trinajstić information content (AvgIpc) is 3.20. The molecule has 1 aromatic heterocycles. The zero-order chi connectivity index (χ0) is 19.2. The maximum atomic E-state index is 12.1. The highest BCUT2D eigenvalue weighted by Crippen LogP contribution is 2.32. The standard InChI is InChI=1S/C22H18N2O3S/c25-22(10-4-16-3-9-20-21(12-16)27-15-26-20)24-18-5-7-19(8-6-18)28-14-17-2-1-11-23-13-17/h1-13H,14-15H2,(H,24,25)/b10-4+. The van der Waals surface area contributed by atoms with E-state index in [0.717, 1.165) is 27.6 Å². The van der Waals surface area contributed by atoms with E-state index in [1.54, 1.807) is 24.0 Å². The molecule has 28 heavy (non-hydrogen) atoms. The van der Waals surface area contributed by atoms with Crippen molar-refractivity contribution in [3.05, 3.63) is 84.2 Å². The smallest absolute Gasteiger partial charge is 0.248 e. The van der Waals surface area contributed by atoms with Crippen molar-refractivity contribution in [1.29, 1.82) is 0 Å². The van der Waals surface area contributed by atoms with Gasteiger partial charge in [-0.3, -0.25) is 9.78 Å². The molecule has 0 aliphatic carbocycles. The number of hydrogen-bond donors (Lipinski definition) is 1. The Labute approximate surface area is 167 Å². The molecule has 1 aliphatic rings. The molecule has 3 aromatic rings. The van der Waals surface area contributed by atoms with E-state index >= 15 is 0 Å². The normalized spacial score (nSPS) is 12.3. The zero-order valence-electron chi connectivity index (χ0n) is 15.0. The number of ether oxygens (including phenoxy) is 2. The van der Waals surface area contributed by atoms with Crippen LogP contribution < -0.4 is 14.8 Å². The highest BCUT2D eigenvalue weighted by atomic mass is 32.2. The summed E-state index contributed by atoms with van der Waals surface area (Å²) in [4.78, 5) is 17.4. The Hall–Kier alpha value is -3.25. The summed E-state index contributed by atoms with van der Waals surface area (Å²) in [5, 5.41) is 2.86. The van der Waals surface area contributed by atoms with Crippen LogP contribution in [0.5, 0.6) is 11.5 Å². The number of rotatable bonds is 6. The average molecular weight is 390 g/mol. The lowest BCUT2D eigenvalue weighted by molar-refractivity contribution is -0.111. The van der Waals surface area contributed by atoms with Gasteiger partial charge in [0.2, 0.25) is 12.7 Å². The first-order valence-corrected chi connectivity index (χ1v) is 9.75. The van der Waals surface area contributed by atoms with Gasteiger partial charge in [0.25, 0.3) is 0 Å². The van der Waals surface area contributed by atoms with Gasteiger partial charge >= 0.3 is 0 Å². The number of nitrogens with zero attached hydrogens (tertiary/aromatic N) is 1. The zero-order valence-corrected chi connectivity index (χ0v) is 15.8.